The predicted molar refractivity (Wildman–Crippen MR) is 59.5 cm³/mol. The molecule has 0 aliphatic rings. The van der Waals surface area contributed by atoms with Gasteiger partial charge in [-0.2, -0.15) is 5.10 Å². The van der Waals surface area contributed by atoms with Gasteiger partial charge in [-0.05, 0) is 23.8 Å². The molecule has 0 aliphatic heterocycles. The van der Waals surface area contributed by atoms with Gasteiger partial charge in [0.2, 0.25) is 0 Å². The second-order valence-electron chi connectivity index (χ2n) is 3.39. The standard InChI is InChI=1S/C11H14N4/c12-8-11(13)9-3-1-4-10(7-9)15-6-2-5-14-15/h1-7,11H,8,12-13H2. The molecule has 2 rings (SSSR count). The normalized spacial score (nSPS) is 12.7. The first-order chi connectivity index (χ1) is 7.31. The largest absolute Gasteiger partial charge is 0.329 e. The summed E-state index contributed by atoms with van der Waals surface area (Å²) >= 11 is 0. The number of hydrogen-bond acceptors (Lipinski definition) is 3. The molecule has 0 fully saturated rings. The van der Waals surface area contributed by atoms with Gasteiger partial charge in [0.1, 0.15) is 0 Å². The van der Waals surface area contributed by atoms with Crippen molar-refractivity contribution in [3.05, 3.63) is 48.3 Å². The molecular formula is C11H14N4. The summed E-state index contributed by atoms with van der Waals surface area (Å²) in [6, 6.07) is 9.70. The van der Waals surface area contributed by atoms with E-state index in [0.717, 1.165) is 11.3 Å². The summed E-state index contributed by atoms with van der Waals surface area (Å²) in [5, 5.41) is 4.16. The Hall–Kier alpha value is -1.65. The van der Waals surface area contributed by atoms with Crippen molar-refractivity contribution in [1.29, 1.82) is 0 Å². The van der Waals surface area contributed by atoms with Gasteiger partial charge in [0, 0.05) is 25.0 Å². The maximum atomic E-state index is 5.86. The molecule has 15 heavy (non-hydrogen) atoms. The number of benzene rings is 1. The number of nitrogens with zero attached hydrogens (tertiary/aromatic N) is 2. The molecule has 1 heterocycles. The van der Waals surface area contributed by atoms with Crippen molar-refractivity contribution in [3.8, 4) is 5.69 Å². The lowest BCUT2D eigenvalue weighted by Crippen LogP contribution is -2.20. The first-order valence-electron chi connectivity index (χ1n) is 4.87. The summed E-state index contributed by atoms with van der Waals surface area (Å²) in [4.78, 5) is 0. The molecule has 0 aliphatic carbocycles. The van der Waals surface area contributed by atoms with Crippen LogP contribution in [0.25, 0.3) is 5.69 Å². The topological polar surface area (TPSA) is 69.9 Å². The minimum absolute atomic E-state index is 0.111. The Morgan fingerprint density at radius 3 is 2.87 bits per heavy atom. The Labute approximate surface area is 88.5 Å². The first kappa shape index (κ1) is 9.89. The number of rotatable bonds is 3. The highest BCUT2D eigenvalue weighted by Crippen LogP contribution is 2.14. The van der Waals surface area contributed by atoms with E-state index in [2.05, 4.69) is 5.10 Å². The molecule has 0 amide bonds. The third kappa shape index (κ3) is 2.06. The van der Waals surface area contributed by atoms with Gasteiger partial charge in [-0.25, -0.2) is 4.68 Å². The van der Waals surface area contributed by atoms with E-state index >= 15 is 0 Å². The van der Waals surface area contributed by atoms with Gasteiger partial charge in [0.05, 0.1) is 5.69 Å². The van der Waals surface area contributed by atoms with Crippen LogP contribution in [-0.4, -0.2) is 16.3 Å². The lowest BCUT2D eigenvalue weighted by atomic mass is 10.1. The maximum absolute atomic E-state index is 5.86. The van der Waals surface area contributed by atoms with Crippen LogP contribution in [0.4, 0.5) is 0 Å². The molecule has 1 aromatic heterocycles. The zero-order valence-corrected chi connectivity index (χ0v) is 8.38. The number of hydrogen-bond donors (Lipinski definition) is 2. The van der Waals surface area contributed by atoms with E-state index in [1.165, 1.54) is 0 Å². The summed E-state index contributed by atoms with van der Waals surface area (Å²) in [6.07, 6.45) is 3.64. The van der Waals surface area contributed by atoms with E-state index in [-0.39, 0.29) is 6.04 Å². The highest BCUT2D eigenvalue weighted by Gasteiger charge is 2.04. The van der Waals surface area contributed by atoms with Gasteiger partial charge in [-0.15, -0.1) is 0 Å². The molecule has 0 spiro atoms. The van der Waals surface area contributed by atoms with Gasteiger partial charge < -0.3 is 11.5 Å². The van der Waals surface area contributed by atoms with Crippen molar-refractivity contribution in [2.24, 2.45) is 11.5 Å². The van der Waals surface area contributed by atoms with E-state index in [4.69, 9.17) is 11.5 Å². The van der Waals surface area contributed by atoms with Crippen molar-refractivity contribution in [3.63, 3.8) is 0 Å². The highest BCUT2D eigenvalue weighted by molar-refractivity contribution is 5.36. The average molecular weight is 202 g/mol. The monoisotopic (exact) mass is 202 g/mol. The van der Waals surface area contributed by atoms with Gasteiger partial charge in [0.15, 0.2) is 0 Å². The van der Waals surface area contributed by atoms with E-state index in [1.54, 1.807) is 10.9 Å². The first-order valence-corrected chi connectivity index (χ1v) is 4.87. The van der Waals surface area contributed by atoms with Crippen LogP contribution in [0.15, 0.2) is 42.7 Å². The Morgan fingerprint density at radius 1 is 1.33 bits per heavy atom. The number of aromatic nitrogens is 2. The molecule has 4 nitrogen and oxygen atoms in total. The van der Waals surface area contributed by atoms with Crippen molar-refractivity contribution in [2.45, 2.75) is 6.04 Å². The Kier molecular flexibility index (Phi) is 2.80. The highest BCUT2D eigenvalue weighted by atomic mass is 15.3. The summed E-state index contributed by atoms with van der Waals surface area (Å²) < 4.78 is 1.80. The summed E-state index contributed by atoms with van der Waals surface area (Å²) in [5.41, 5.74) is 13.4. The molecular weight excluding hydrogens is 188 g/mol. The van der Waals surface area contributed by atoms with Crippen LogP contribution in [0.2, 0.25) is 0 Å². The van der Waals surface area contributed by atoms with Crippen molar-refractivity contribution >= 4 is 0 Å². The van der Waals surface area contributed by atoms with Crippen LogP contribution in [-0.2, 0) is 0 Å². The van der Waals surface area contributed by atoms with Gasteiger partial charge in [-0.1, -0.05) is 12.1 Å². The lowest BCUT2D eigenvalue weighted by Gasteiger charge is -2.10. The molecule has 4 heteroatoms. The summed E-state index contributed by atoms with van der Waals surface area (Å²) in [5.74, 6) is 0. The molecule has 0 bridgehead atoms. The summed E-state index contributed by atoms with van der Waals surface area (Å²) in [6.45, 7) is 0.447. The average Bonchev–Trinajstić information content (AvgIpc) is 2.82. The van der Waals surface area contributed by atoms with E-state index in [0.29, 0.717) is 6.54 Å². The van der Waals surface area contributed by atoms with Crippen LogP contribution in [0, 0.1) is 0 Å². The zero-order valence-electron chi connectivity index (χ0n) is 8.38. The predicted octanol–water partition coefficient (Wildman–Crippen LogP) is 0.831. The summed E-state index contributed by atoms with van der Waals surface area (Å²) in [7, 11) is 0. The Morgan fingerprint density at radius 2 is 2.20 bits per heavy atom. The van der Waals surface area contributed by atoms with Crippen LogP contribution in [0.3, 0.4) is 0 Å². The third-order valence-electron chi connectivity index (χ3n) is 2.32. The van der Waals surface area contributed by atoms with Crippen molar-refractivity contribution in [1.82, 2.24) is 9.78 Å². The maximum Gasteiger partial charge on any atom is 0.0648 e. The molecule has 0 saturated carbocycles. The second kappa shape index (κ2) is 4.25. The van der Waals surface area contributed by atoms with Crippen molar-refractivity contribution in [2.75, 3.05) is 6.54 Å². The zero-order chi connectivity index (χ0) is 10.7. The van der Waals surface area contributed by atoms with Gasteiger partial charge in [0.25, 0.3) is 0 Å². The fourth-order valence-electron chi connectivity index (χ4n) is 1.46. The molecule has 0 radical (unpaired) electrons. The minimum atomic E-state index is -0.111. The van der Waals surface area contributed by atoms with Crippen LogP contribution in [0.5, 0.6) is 0 Å². The van der Waals surface area contributed by atoms with Crippen LogP contribution in [0.1, 0.15) is 11.6 Å². The molecule has 0 saturated heterocycles. The van der Waals surface area contributed by atoms with E-state index in [9.17, 15) is 0 Å². The molecule has 1 atom stereocenters. The van der Waals surface area contributed by atoms with Gasteiger partial charge in [-0.3, -0.25) is 0 Å². The van der Waals surface area contributed by atoms with Crippen LogP contribution >= 0.6 is 0 Å². The molecule has 2 aromatic rings. The van der Waals surface area contributed by atoms with E-state index < -0.39 is 0 Å². The third-order valence-corrected chi connectivity index (χ3v) is 2.32. The van der Waals surface area contributed by atoms with E-state index in [1.807, 2.05) is 36.5 Å². The molecule has 4 N–H and O–H groups in total. The molecule has 1 unspecified atom stereocenters. The Bertz CT molecular complexity index is 422. The van der Waals surface area contributed by atoms with Crippen molar-refractivity contribution < 1.29 is 0 Å². The quantitative estimate of drug-likeness (QED) is 0.774. The van der Waals surface area contributed by atoms with Crippen LogP contribution < -0.4 is 11.5 Å². The lowest BCUT2D eigenvalue weighted by molar-refractivity contribution is 0.734. The molecule has 78 valence electrons. The second-order valence-corrected chi connectivity index (χ2v) is 3.39. The fraction of sp³-hybridized carbons (Fsp3) is 0.182. The van der Waals surface area contributed by atoms with Gasteiger partial charge >= 0.3 is 0 Å². The Balaban J connectivity index is 2.35. The SMILES string of the molecule is NCC(N)c1cccc(-n2cccn2)c1. The minimum Gasteiger partial charge on any atom is -0.329 e. The smallest absolute Gasteiger partial charge is 0.0648 e. The fourth-order valence-corrected chi connectivity index (χ4v) is 1.46. The molecule has 1 aromatic carbocycles. The number of nitrogens with two attached hydrogens (primary N) is 2.